The van der Waals surface area contributed by atoms with Gasteiger partial charge in [0.2, 0.25) is 0 Å². The fourth-order valence-corrected chi connectivity index (χ4v) is 3.37. The standard InChI is InChI=1S/C13H16FN2O5P/c1-3-8(2)21-22(19,20)7-16-11-6-9(14)4-5-10(11)15-12(17)13(16)18/h4-6,8H,3,7H2,1-2H3,(H,15,17)(H,19,20). The van der Waals surface area contributed by atoms with Crippen LogP contribution in [0.5, 0.6) is 0 Å². The van der Waals surface area contributed by atoms with Gasteiger partial charge >= 0.3 is 18.7 Å². The Morgan fingerprint density at radius 3 is 2.77 bits per heavy atom. The van der Waals surface area contributed by atoms with Crippen molar-refractivity contribution in [3.05, 3.63) is 44.7 Å². The highest BCUT2D eigenvalue weighted by Gasteiger charge is 2.25. The molecule has 9 heteroatoms. The summed E-state index contributed by atoms with van der Waals surface area (Å²) < 4.78 is 31.3. The average Bonchev–Trinajstić information content (AvgIpc) is 2.44. The maximum atomic E-state index is 13.4. The number of halogens is 1. The van der Waals surface area contributed by atoms with Gasteiger partial charge in [-0.1, -0.05) is 6.92 Å². The minimum absolute atomic E-state index is 0.0200. The summed E-state index contributed by atoms with van der Waals surface area (Å²) in [6.07, 6.45) is -0.707. The lowest BCUT2D eigenvalue weighted by Gasteiger charge is -2.18. The molecule has 22 heavy (non-hydrogen) atoms. The molecular weight excluding hydrogens is 314 g/mol. The minimum Gasteiger partial charge on any atom is -0.323 e. The van der Waals surface area contributed by atoms with Crippen LogP contribution in [0.25, 0.3) is 11.0 Å². The van der Waals surface area contributed by atoms with E-state index in [-0.39, 0.29) is 11.0 Å². The number of H-pyrrole nitrogens is 1. The zero-order valence-electron chi connectivity index (χ0n) is 12.1. The summed E-state index contributed by atoms with van der Waals surface area (Å²) in [5.41, 5.74) is -1.79. The Labute approximate surface area is 124 Å². The summed E-state index contributed by atoms with van der Waals surface area (Å²) in [5.74, 6) is -0.636. The maximum Gasteiger partial charge on any atom is 0.348 e. The largest absolute Gasteiger partial charge is 0.348 e. The van der Waals surface area contributed by atoms with E-state index in [0.717, 1.165) is 16.7 Å². The highest BCUT2D eigenvalue weighted by Crippen LogP contribution is 2.45. The molecule has 0 radical (unpaired) electrons. The van der Waals surface area contributed by atoms with E-state index in [1.54, 1.807) is 13.8 Å². The molecule has 1 aromatic carbocycles. The first kappa shape index (κ1) is 16.6. The van der Waals surface area contributed by atoms with Gasteiger partial charge in [0.1, 0.15) is 12.1 Å². The fraction of sp³-hybridized carbons (Fsp3) is 0.385. The molecule has 2 atom stereocenters. The normalized spacial score (nSPS) is 15.6. The number of nitrogens with one attached hydrogen (secondary N) is 1. The Balaban J connectivity index is 2.57. The molecule has 0 spiro atoms. The van der Waals surface area contributed by atoms with E-state index in [1.807, 2.05) is 0 Å². The number of hydrogen-bond donors (Lipinski definition) is 2. The van der Waals surface area contributed by atoms with Crippen LogP contribution in [0.4, 0.5) is 4.39 Å². The van der Waals surface area contributed by atoms with Crippen molar-refractivity contribution >= 4 is 18.6 Å². The van der Waals surface area contributed by atoms with Crippen molar-refractivity contribution in [3.63, 3.8) is 0 Å². The van der Waals surface area contributed by atoms with Gasteiger partial charge in [-0.15, -0.1) is 0 Å². The van der Waals surface area contributed by atoms with Crippen molar-refractivity contribution in [2.45, 2.75) is 32.7 Å². The minimum atomic E-state index is -4.17. The second kappa shape index (κ2) is 6.16. The van der Waals surface area contributed by atoms with E-state index in [4.69, 9.17) is 4.52 Å². The molecule has 0 aliphatic rings. The van der Waals surface area contributed by atoms with Crippen LogP contribution in [0.15, 0.2) is 27.8 Å². The van der Waals surface area contributed by atoms with Crippen LogP contribution >= 0.6 is 7.60 Å². The van der Waals surface area contributed by atoms with Crippen LogP contribution in [0, 0.1) is 5.82 Å². The second-order valence-corrected chi connectivity index (χ2v) is 6.72. The van der Waals surface area contributed by atoms with Gasteiger partial charge in [0.25, 0.3) is 0 Å². The van der Waals surface area contributed by atoms with Crippen LogP contribution < -0.4 is 11.1 Å². The fourth-order valence-electron chi connectivity index (χ4n) is 1.95. The maximum absolute atomic E-state index is 13.4. The Kier molecular flexibility index (Phi) is 4.65. The number of nitrogens with zero attached hydrogens (tertiary/aromatic N) is 1. The first-order valence-electron chi connectivity index (χ1n) is 6.66. The van der Waals surface area contributed by atoms with Crippen LogP contribution in [0.1, 0.15) is 20.3 Å². The summed E-state index contributed by atoms with van der Waals surface area (Å²) >= 11 is 0. The third-order valence-corrected chi connectivity index (χ3v) is 4.51. The summed E-state index contributed by atoms with van der Waals surface area (Å²) in [6, 6.07) is 3.40. The molecule has 2 rings (SSSR count). The Morgan fingerprint density at radius 2 is 2.14 bits per heavy atom. The number of benzene rings is 1. The zero-order chi connectivity index (χ0) is 16.5. The smallest absolute Gasteiger partial charge is 0.323 e. The molecule has 1 aromatic heterocycles. The number of aromatic amines is 1. The molecule has 2 N–H and O–H groups in total. The molecule has 0 saturated heterocycles. The monoisotopic (exact) mass is 330 g/mol. The lowest BCUT2D eigenvalue weighted by atomic mass is 10.3. The van der Waals surface area contributed by atoms with E-state index in [9.17, 15) is 23.4 Å². The number of hydrogen-bond acceptors (Lipinski definition) is 4. The molecule has 0 bridgehead atoms. The molecule has 0 aliphatic carbocycles. The highest BCUT2D eigenvalue weighted by molar-refractivity contribution is 7.51. The number of rotatable bonds is 5. The zero-order valence-corrected chi connectivity index (χ0v) is 13.0. The predicted octanol–water partition coefficient (Wildman–Crippen LogP) is 1.79. The van der Waals surface area contributed by atoms with Crippen molar-refractivity contribution in [3.8, 4) is 0 Å². The van der Waals surface area contributed by atoms with E-state index >= 15 is 0 Å². The topological polar surface area (TPSA) is 101 Å². The van der Waals surface area contributed by atoms with Gasteiger partial charge in [0.05, 0.1) is 17.1 Å². The molecule has 120 valence electrons. The molecule has 0 saturated carbocycles. The van der Waals surface area contributed by atoms with E-state index in [2.05, 4.69) is 4.98 Å². The summed E-state index contributed by atoms with van der Waals surface area (Å²) in [7, 11) is -4.17. The second-order valence-electron chi connectivity index (χ2n) is 4.95. The predicted molar refractivity (Wildman–Crippen MR) is 79.5 cm³/mol. The van der Waals surface area contributed by atoms with Crippen LogP contribution in [-0.2, 0) is 15.4 Å². The number of fused-ring (bicyclic) bond motifs is 1. The molecular formula is C13H16FN2O5P. The average molecular weight is 330 g/mol. The van der Waals surface area contributed by atoms with Crippen molar-refractivity contribution in [2.24, 2.45) is 0 Å². The summed E-state index contributed by atoms with van der Waals surface area (Å²) in [5, 5.41) is 0. The molecule has 2 aromatic rings. The van der Waals surface area contributed by atoms with Crippen molar-refractivity contribution in [2.75, 3.05) is 0 Å². The molecule has 0 fully saturated rings. The van der Waals surface area contributed by atoms with Crippen LogP contribution in [0.2, 0.25) is 0 Å². The van der Waals surface area contributed by atoms with Crippen molar-refractivity contribution in [1.82, 2.24) is 9.55 Å². The Hall–Kier alpha value is -1.76. The molecule has 0 amide bonds. The SMILES string of the molecule is CCC(C)OP(=O)(O)Cn1c(=O)c(=O)[nH]c2ccc(F)cc21. The Bertz CT molecular complexity index is 860. The third kappa shape index (κ3) is 3.52. The van der Waals surface area contributed by atoms with Gasteiger partial charge in [0.15, 0.2) is 0 Å². The third-order valence-electron chi connectivity index (χ3n) is 3.18. The lowest BCUT2D eigenvalue weighted by Crippen LogP contribution is -2.36. The Morgan fingerprint density at radius 1 is 1.45 bits per heavy atom. The highest BCUT2D eigenvalue weighted by atomic mass is 31.2. The van der Waals surface area contributed by atoms with Gasteiger partial charge in [-0.2, -0.15) is 0 Å². The van der Waals surface area contributed by atoms with Gasteiger partial charge in [-0.3, -0.25) is 18.7 Å². The molecule has 7 nitrogen and oxygen atoms in total. The van der Waals surface area contributed by atoms with Crippen molar-refractivity contribution in [1.29, 1.82) is 0 Å². The van der Waals surface area contributed by atoms with Gasteiger partial charge < -0.3 is 14.4 Å². The van der Waals surface area contributed by atoms with Crippen LogP contribution in [0.3, 0.4) is 0 Å². The first-order chi connectivity index (χ1) is 10.2. The van der Waals surface area contributed by atoms with E-state index < -0.39 is 36.9 Å². The van der Waals surface area contributed by atoms with Crippen LogP contribution in [-0.4, -0.2) is 20.5 Å². The molecule has 0 aliphatic heterocycles. The van der Waals surface area contributed by atoms with Gasteiger partial charge in [0, 0.05) is 0 Å². The van der Waals surface area contributed by atoms with Gasteiger partial charge in [-0.05, 0) is 31.5 Å². The number of aromatic nitrogens is 2. The first-order valence-corrected chi connectivity index (χ1v) is 8.42. The van der Waals surface area contributed by atoms with E-state index in [0.29, 0.717) is 6.42 Å². The summed E-state index contributed by atoms with van der Waals surface area (Å²) in [4.78, 5) is 35.7. The summed E-state index contributed by atoms with van der Waals surface area (Å²) in [6.45, 7) is 3.38. The molecule has 2 unspecified atom stereocenters. The van der Waals surface area contributed by atoms with Crippen molar-refractivity contribution < 1.29 is 18.4 Å². The molecule has 1 heterocycles. The van der Waals surface area contributed by atoms with E-state index in [1.165, 1.54) is 6.07 Å². The quantitative estimate of drug-likeness (QED) is 0.643. The van der Waals surface area contributed by atoms with Gasteiger partial charge in [-0.25, -0.2) is 4.39 Å². The lowest BCUT2D eigenvalue weighted by molar-refractivity contribution is 0.181.